The zero-order valence-electron chi connectivity index (χ0n) is 12.7. The fraction of sp³-hybridized carbons (Fsp3) is 0.643. The maximum absolute atomic E-state index is 11.9. The van der Waals surface area contributed by atoms with E-state index in [4.69, 9.17) is 10.6 Å². The van der Waals surface area contributed by atoms with Crippen molar-refractivity contribution < 1.29 is 9.53 Å². The zero-order chi connectivity index (χ0) is 15.4. The van der Waals surface area contributed by atoms with Gasteiger partial charge in [0.05, 0.1) is 7.11 Å². The number of nitrogen functional groups attached to an aromatic ring is 1. The molecule has 1 heterocycles. The fourth-order valence-electron chi connectivity index (χ4n) is 2.14. The molecule has 4 N–H and O–H groups in total. The highest BCUT2D eigenvalue weighted by Crippen LogP contribution is 2.38. The van der Waals surface area contributed by atoms with Gasteiger partial charge in [-0.3, -0.25) is 0 Å². The number of hydrogen-bond acceptors (Lipinski definition) is 7. The van der Waals surface area contributed by atoms with Crippen molar-refractivity contribution in [3.8, 4) is 0 Å². The molecule has 116 valence electrons. The first-order valence-corrected chi connectivity index (χ1v) is 7.23. The number of carbonyl (C=O) groups excluding carboxylic acids is 1. The maximum atomic E-state index is 11.9. The molecule has 1 atom stereocenters. The number of carbonyl (C=O) groups is 1. The lowest BCUT2D eigenvalue weighted by molar-refractivity contribution is -0.141. The summed E-state index contributed by atoms with van der Waals surface area (Å²) >= 11 is 0. The molecule has 0 saturated heterocycles. The first-order chi connectivity index (χ1) is 10.0. The van der Waals surface area contributed by atoms with E-state index >= 15 is 0 Å². The normalized spacial score (nSPS) is 15.7. The van der Waals surface area contributed by atoms with Gasteiger partial charge < -0.3 is 15.5 Å². The lowest BCUT2D eigenvalue weighted by atomic mass is 10.0. The summed E-state index contributed by atoms with van der Waals surface area (Å²) < 4.78 is 4.85. The summed E-state index contributed by atoms with van der Waals surface area (Å²) in [5.41, 5.74) is 2.54. The van der Waals surface area contributed by atoms with Gasteiger partial charge in [0.25, 0.3) is 0 Å². The third-order valence-corrected chi connectivity index (χ3v) is 3.35. The number of nitrogens with two attached hydrogens (primary N) is 1. The molecular weight excluding hydrogens is 270 g/mol. The Morgan fingerprint density at radius 3 is 2.62 bits per heavy atom. The number of nitrogens with zero attached hydrogens (tertiary/aromatic N) is 2. The minimum atomic E-state index is -0.428. The summed E-state index contributed by atoms with van der Waals surface area (Å²) in [5.74, 6) is 7.82. The van der Waals surface area contributed by atoms with Gasteiger partial charge in [-0.05, 0) is 25.2 Å². The van der Waals surface area contributed by atoms with Crippen LogP contribution in [-0.2, 0) is 9.53 Å². The van der Waals surface area contributed by atoms with E-state index in [2.05, 4.69) is 34.6 Å². The molecule has 21 heavy (non-hydrogen) atoms. The van der Waals surface area contributed by atoms with Gasteiger partial charge in [-0.15, -0.1) is 0 Å². The Labute approximate surface area is 124 Å². The Hall–Kier alpha value is -1.89. The highest BCUT2D eigenvalue weighted by Gasteiger charge is 2.28. The fourth-order valence-corrected chi connectivity index (χ4v) is 2.14. The van der Waals surface area contributed by atoms with Gasteiger partial charge >= 0.3 is 5.97 Å². The summed E-state index contributed by atoms with van der Waals surface area (Å²) in [6, 6.07) is 1.27. The van der Waals surface area contributed by atoms with Crippen LogP contribution in [0.4, 0.5) is 11.6 Å². The molecule has 1 aliphatic carbocycles. The highest BCUT2D eigenvalue weighted by molar-refractivity contribution is 5.79. The van der Waals surface area contributed by atoms with Crippen LogP contribution < -0.4 is 16.6 Å². The number of esters is 1. The van der Waals surface area contributed by atoms with Gasteiger partial charge in [0.2, 0.25) is 0 Å². The van der Waals surface area contributed by atoms with Gasteiger partial charge in [0, 0.05) is 12.0 Å². The third-order valence-electron chi connectivity index (χ3n) is 3.35. The molecule has 0 aliphatic heterocycles. The van der Waals surface area contributed by atoms with Crippen LogP contribution in [0.25, 0.3) is 0 Å². The van der Waals surface area contributed by atoms with E-state index in [0.717, 1.165) is 18.7 Å². The lowest BCUT2D eigenvalue weighted by Gasteiger charge is -2.19. The largest absolute Gasteiger partial charge is 0.467 e. The van der Waals surface area contributed by atoms with Crippen LogP contribution in [-0.4, -0.2) is 29.1 Å². The Morgan fingerprint density at radius 2 is 2.10 bits per heavy atom. The smallest absolute Gasteiger partial charge is 0.328 e. The van der Waals surface area contributed by atoms with Crippen molar-refractivity contribution in [3.05, 3.63) is 11.9 Å². The molecule has 1 unspecified atom stereocenters. The first kappa shape index (κ1) is 15.5. The van der Waals surface area contributed by atoms with Crippen molar-refractivity contribution in [1.29, 1.82) is 0 Å². The minimum Gasteiger partial charge on any atom is -0.467 e. The molecule has 1 fully saturated rings. The molecular formula is C14H23N5O2. The average molecular weight is 293 g/mol. The average Bonchev–Trinajstić information content (AvgIpc) is 3.29. The summed E-state index contributed by atoms with van der Waals surface area (Å²) in [7, 11) is 1.39. The summed E-state index contributed by atoms with van der Waals surface area (Å²) in [4.78, 5) is 20.7. The van der Waals surface area contributed by atoms with Crippen LogP contribution in [0.3, 0.4) is 0 Å². The molecule has 1 aromatic heterocycles. The standard InChI is InChI=1S/C14H23N5O2/c1-8(2)6-10(14(20)21-3)16-11-7-12(19-15)18-13(17-11)9-4-5-9/h7-10H,4-6,15H2,1-3H3,(H2,16,17,18,19). The van der Waals surface area contributed by atoms with Crippen molar-refractivity contribution >= 4 is 17.6 Å². The number of hydrogen-bond donors (Lipinski definition) is 3. The van der Waals surface area contributed by atoms with E-state index in [1.807, 2.05) is 0 Å². The van der Waals surface area contributed by atoms with Crippen molar-refractivity contribution in [2.45, 2.75) is 45.1 Å². The van der Waals surface area contributed by atoms with E-state index in [1.165, 1.54) is 7.11 Å². The third kappa shape index (κ3) is 4.29. The van der Waals surface area contributed by atoms with E-state index in [9.17, 15) is 4.79 Å². The van der Waals surface area contributed by atoms with Crippen molar-refractivity contribution in [3.63, 3.8) is 0 Å². The quantitative estimate of drug-likeness (QED) is 0.399. The van der Waals surface area contributed by atoms with E-state index in [0.29, 0.717) is 29.9 Å². The molecule has 7 heteroatoms. The second-order valence-corrected chi connectivity index (χ2v) is 5.76. The number of nitrogens with one attached hydrogen (secondary N) is 2. The van der Waals surface area contributed by atoms with Crippen LogP contribution in [0.2, 0.25) is 0 Å². The number of aromatic nitrogens is 2. The molecule has 0 aromatic carbocycles. The van der Waals surface area contributed by atoms with E-state index in [-0.39, 0.29) is 5.97 Å². The van der Waals surface area contributed by atoms with Gasteiger partial charge in [-0.2, -0.15) is 0 Å². The molecule has 1 aromatic rings. The van der Waals surface area contributed by atoms with E-state index < -0.39 is 6.04 Å². The van der Waals surface area contributed by atoms with Crippen LogP contribution in [0.15, 0.2) is 6.07 Å². The topological polar surface area (TPSA) is 102 Å². The first-order valence-electron chi connectivity index (χ1n) is 7.23. The molecule has 0 bridgehead atoms. The lowest BCUT2D eigenvalue weighted by Crippen LogP contribution is -2.32. The summed E-state index contributed by atoms with van der Waals surface area (Å²) in [6.07, 6.45) is 2.86. The molecule has 0 amide bonds. The number of anilines is 2. The molecule has 0 spiro atoms. The minimum absolute atomic E-state index is 0.294. The predicted molar refractivity (Wildman–Crippen MR) is 80.7 cm³/mol. The second-order valence-electron chi connectivity index (χ2n) is 5.76. The van der Waals surface area contributed by atoms with Crippen molar-refractivity contribution in [2.75, 3.05) is 17.9 Å². The van der Waals surface area contributed by atoms with Crippen LogP contribution in [0, 0.1) is 5.92 Å². The number of rotatable bonds is 7. The van der Waals surface area contributed by atoms with Crippen LogP contribution in [0.5, 0.6) is 0 Å². The van der Waals surface area contributed by atoms with Gasteiger partial charge in [0.1, 0.15) is 23.5 Å². The van der Waals surface area contributed by atoms with Crippen molar-refractivity contribution in [2.24, 2.45) is 11.8 Å². The molecule has 7 nitrogen and oxygen atoms in total. The SMILES string of the molecule is COC(=O)C(CC(C)C)Nc1cc(NN)nc(C2CC2)n1. The molecule has 1 saturated carbocycles. The summed E-state index contributed by atoms with van der Waals surface area (Å²) in [5, 5.41) is 3.14. The van der Waals surface area contributed by atoms with Gasteiger partial charge in [-0.25, -0.2) is 20.6 Å². The van der Waals surface area contributed by atoms with Gasteiger partial charge in [0.15, 0.2) is 0 Å². The Kier molecular flexibility index (Phi) is 4.95. The zero-order valence-corrected chi connectivity index (χ0v) is 12.7. The second kappa shape index (κ2) is 6.71. The van der Waals surface area contributed by atoms with E-state index in [1.54, 1.807) is 6.07 Å². The van der Waals surface area contributed by atoms with Crippen molar-refractivity contribution in [1.82, 2.24) is 9.97 Å². The van der Waals surface area contributed by atoms with Gasteiger partial charge in [-0.1, -0.05) is 13.8 Å². The Balaban J connectivity index is 2.18. The molecule has 0 radical (unpaired) electrons. The maximum Gasteiger partial charge on any atom is 0.328 e. The molecule has 2 rings (SSSR count). The van der Waals surface area contributed by atoms with Crippen LogP contribution in [0.1, 0.15) is 44.9 Å². The number of ether oxygens (including phenoxy) is 1. The Bertz CT molecular complexity index is 502. The predicted octanol–water partition coefficient (Wildman–Crippen LogP) is 1.64. The number of methoxy groups -OCH3 is 1. The highest BCUT2D eigenvalue weighted by atomic mass is 16.5. The monoisotopic (exact) mass is 293 g/mol. The number of hydrazine groups is 1. The molecule has 1 aliphatic rings. The summed E-state index contributed by atoms with van der Waals surface area (Å²) in [6.45, 7) is 4.11. The van der Waals surface area contributed by atoms with Crippen LogP contribution >= 0.6 is 0 Å². The Morgan fingerprint density at radius 1 is 1.43 bits per heavy atom.